The van der Waals surface area contributed by atoms with E-state index in [0.717, 1.165) is 16.7 Å². The zero-order valence-corrected chi connectivity index (χ0v) is 17.3. The monoisotopic (exact) mass is 397 g/mol. The van der Waals surface area contributed by atoms with Crippen LogP contribution < -0.4 is 10.1 Å². The van der Waals surface area contributed by atoms with Gasteiger partial charge in [-0.05, 0) is 55.7 Å². The summed E-state index contributed by atoms with van der Waals surface area (Å²) in [5.74, 6) is -0.624. The Morgan fingerprint density at radius 1 is 1.00 bits per heavy atom. The fourth-order valence-corrected chi connectivity index (χ4v) is 3.05. The van der Waals surface area contributed by atoms with Crippen LogP contribution in [0, 0.1) is 13.8 Å². The van der Waals surface area contributed by atoms with E-state index in [2.05, 4.69) is 5.32 Å². The number of methoxy groups -OCH3 is 1. The lowest BCUT2D eigenvalue weighted by Crippen LogP contribution is -2.24. The lowest BCUT2D eigenvalue weighted by atomic mass is 10.0. The number of ether oxygens (including phenoxy) is 2. The summed E-state index contributed by atoms with van der Waals surface area (Å²) in [6.07, 6.45) is -0.0263. The first-order valence-electron chi connectivity index (χ1n) is 9.57. The van der Waals surface area contributed by atoms with Crippen molar-refractivity contribution in [3.05, 3.63) is 64.2 Å². The number of hydrogen-bond donors (Lipinski definition) is 1. The van der Waals surface area contributed by atoms with Crippen molar-refractivity contribution in [1.29, 1.82) is 0 Å². The Morgan fingerprint density at radius 3 is 2.31 bits per heavy atom. The number of benzene rings is 2. The minimum Gasteiger partial charge on any atom is -0.496 e. The van der Waals surface area contributed by atoms with Gasteiger partial charge in [0, 0.05) is 18.5 Å². The largest absolute Gasteiger partial charge is 0.496 e. The molecule has 1 amide bonds. The molecule has 0 radical (unpaired) electrons. The Balaban J connectivity index is 2.13. The molecule has 0 aliphatic carbocycles. The number of rotatable bonds is 9. The Bertz CT molecular complexity index is 884. The zero-order chi connectivity index (χ0) is 21.4. The standard InChI is InChI=1S/C23H27NO5/c1-5-29-22(26)12-10-20(25)18-13-17(9-11-21(18)28-4)23(27)24-14-19-15(2)7-6-8-16(19)3/h6-9,11,13H,5,10,12,14H2,1-4H3,(H,24,27). The summed E-state index contributed by atoms with van der Waals surface area (Å²) in [5.41, 5.74) is 3.91. The Hall–Kier alpha value is -3.15. The van der Waals surface area contributed by atoms with Gasteiger partial charge in [-0.2, -0.15) is 0 Å². The van der Waals surface area contributed by atoms with Gasteiger partial charge in [0.1, 0.15) is 5.75 Å². The molecule has 2 rings (SSSR count). The molecule has 2 aromatic rings. The van der Waals surface area contributed by atoms with Gasteiger partial charge in [0.15, 0.2) is 5.78 Å². The van der Waals surface area contributed by atoms with Crippen molar-refractivity contribution in [2.45, 2.75) is 40.2 Å². The number of nitrogens with one attached hydrogen (secondary N) is 1. The van der Waals surface area contributed by atoms with Crippen LogP contribution in [-0.2, 0) is 16.1 Å². The van der Waals surface area contributed by atoms with Crippen molar-refractivity contribution >= 4 is 17.7 Å². The van der Waals surface area contributed by atoms with Gasteiger partial charge in [0.05, 0.1) is 25.7 Å². The maximum atomic E-state index is 12.6. The highest BCUT2D eigenvalue weighted by Crippen LogP contribution is 2.22. The average molecular weight is 397 g/mol. The summed E-state index contributed by atoms with van der Waals surface area (Å²) >= 11 is 0. The second-order valence-corrected chi connectivity index (χ2v) is 6.70. The summed E-state index contributed by atoms with van der Waals surface area (Å²) < 4.78 is 10.1. The van der Waals surface area contributed by atoms with Gasteiger partial charge in [-0.25, -0.2) is 0 Å². The molecule has 0 spiro atoms. The molecule has 154 valence electrons. The van der Waals surface area contributed by atoms with E-state index in [0.29, 0.717) is 17.9 Å². The summed E-state index contributed by atoms with van der Waals surface area (Å²) in [6, 6.07) is 10.7. The molecule has 29 heavy (non-hydrogen) atoms. The Kier molecular flexibility index (Phi) is 7.95. The van der Waals surface area contributed by atoms with Crippen molar-refractivity contribution in [2.24, 2.45) is 0 Å². The maximum Gasteiger partial charge on any atom is 0.306 e. The molecule has 6 nitrogen and oxygen atoms in total. The molecule has 0 bridgehead atoms. The molecule has 0 heterocycles. The van der Waals surface area contributed by atoms with Crippen LogP contribution in [0.4, 0.5) is 0 Å². The van der Waals surface area contributed by atoms with Crippen molar-refractivity contribution in [3.8, 4) is 5.75 Å². The van der Waals surface area contributed by atoms with Crippen molar-refractivity contribution in [2.75, 3.05) is 13.7 Å². The first kappa shape index (κ1) is 22.1. The third-order valence-corrected chi connectivity index (χ3v) is 4.69. The maximum absolute atomic E-state index is 12.6. The molecule has 0 fully saturated rings. The molecule has 0 aliphatic heterocycles. The Morgan fingerprint density at radius 2 is 1.69 bits per heavy atom. The summed E-state index contributed by atoms with van der Waals surface area (Å²) in [6.45, 7) is 6.38. The number of Topliss-reactive ketones (excluding diaryl/α,β-unsaturated/α-hetero) is 1. The predicted octanol–water partition coefficient (Wildman–Crippen LogP) is 3.77. The Labute approximate surface area is 171 Å². The van der Waals surface area contributed by atoms with Gasteiger partial charge in [-0.15, -0.1) is 0 Å². The average Bonchev–Trinajstić information content (AvgIpc) is 2.71. The van der Waals surface area contributed by atoms with Crippen LogP contribution in [0.5, 0.6) is 5.75 Å². The summed E-state index contributed by atoms with van der Waals surface area (Å²) in [4.78, 5) is 36.7. The van der Waals surface area contributed by atoms with E-state index in [1.54, 1.807) is 19.1 Å². The first-order chi connectivity index (χ1) is 13.9. The molecule has 0 aromatic heterocycles. The lowest BCUT2D eigenvalue weighted by molar-refractivity contribution is -0.143. The van der Waals surface area contributed by atoms with Gasteiger partial charge in [-0.1, -0.05) is 18.2 Å². The molecular formula is C23H27NO5. The number of esters is 1. The molecule has 1 N–H and O–H groups in total. The molecule has 2 aromatic carbocycles. The van der Waals surface area contributed by atoms with E-state index in [1.807, 2.05) is 32.0 Å². The van der Waals surface area contributed by atoms with Crippen LogP contribution in [-0.4, -0.2) is 31.4 Å². The van der Waals surface area contributed by atoms with Gasteiger partial charge >= 0.3 is 5.97 Å². The van der Waals surface area contributed by atoms with Crippen molar-refractivity contribution in [3.63, 3.8) is 0 Å². The minimum atomic E-state index is -0.428. The SMILES string of the molecule is CCOC(=O)CCC(=O)c1cc(C(=O)NCc2c(C)cccc2C)ccc1OC. The molecule has 0 aliphatic rings. The van der Waals surface area contributed by atoms with E-state index in [9.17, 15) is 14.4 Å². The van der Waals surface area contributed by atoms with Crippen LogP contribution in [0.3, 0.4) is 0 Å². The first-order valence-corrected chi connectivity index (χ1v) is 9.57. The zero-order valence-electron chi connectivity index (χ0n) is 17.3. The van der Waals surface area contributed by atoms with E-state index >= 15 is 0 Å². The number of carbonyl (C=O) groups is 3. The number of carbonyl (C=O) groups excluding carboxylic acids is 3. The predicted molar refractivity (Wildman–Crippen MR) is 110 cm³/mol. The fraction of sp³-hybridized carbons (Fsp3) is 0.348. The van der Waals surface area contributed by atoms with Crippen molar-refractivity contribution < 1.29 is 23.9 Å². The highest BCUT2D eigenvalue weighted by Gasteiger charge is 2.17. The van der Waals surface area contributed by atoms with E-state index in [1.165, 1.54) is 13.2 Å². The third kappa shape index (κ3) is 5.91. The second kappa shape index (κ2) is 10.4. The van der Waals surface area contributed by atoms with Crippen LogP contribution in [0.15, 0.2) is 36.4 Å². The molecule has 6 heteroatoms. The highest BCUT2D eigenvalue weighted by atomic mass is 16.5. The third-order valence-electron chi connectivity index (χ3n) is 4.69. The molecule has 0 unspecified atom stereocenters. The van der Waals surface area contributed by atoms with Crippen LogP contribution >= 0.6 is 0 Å². The smallest absolute Gasteiger partial charge is 0.306 e. The van der Waals surface area contributed by atoms with Gasteiger partial charge < -0.3 is 14.8 Å². The van der Waals surface area contributed by atoms with Crippen molar-refractivity contribution in [1.82, 2.24) is 5.32 Å². The summed E-state index contributed by atoms with van der Waals surface area (Å²) in [7, 11) is 1.46. The topological polar surface area (TPSA) is 81.7 Å². The molecule has 0 atom stereocenters. The highest BCUT2D eigenvalue weighted by molar-refractivity contribution is 6.03. The fourth-order valence-electron chi connectivity index (χ4n) is 3.05. The van der Waals surface area contributed by atoms with E-state index < -0.39 is 5.97 Å². The lowest BCUT2D eigenvalue weighted by Gasteiger charge is -2.13. The van der Waals surface area contributed by atoms with Gasteiger partial charge in [0.2, 0.25) is 0 Å². The van der Waals surface area contributed by atoms with E-state index in [-0.39, 0.29) is 36.7 Å². The number of amides is 1. The minimum absolute atomic E-state index is 0.0112. The number of aryl methyl sites for hydroxylation is 2. The molecule has 0 saturated carbocycles. The number of ketones is 1. The second-order valence-electron chi connectivity index (χ2n) is 6.70. The molecule has 0 saturated heterocycles. The normalized spacial score (nSPS) is 10.3. The molecular weight excluding hydrogens is 370 g/mol. The quantitative estimate of drug-likeness (QED) is 0.515. The number of hydrogen-bond acceptors (Lipinski definition) is 5. The summed E-state index contributed by atoms with van der Waals surface area (Å²) in [5, 5.41) is 2.90. The van der Waals surface area contributed by atoms with E-state index in [4.69, 9.17) is 9.47 Å². The van der Waals surface area contributed by atoms with Crippen LogP contribution in [0.2, 0.25) is 0 Å². The van der Waals surface area contributed by atoms with Crippen LogP contribution in [0.1, 0.15) is 57.2 Å². The van der Waals surface area contributed by atoms with Crippen LogP contribution in [0.25, 0.3) is 0 Å². The van der Waals surface area contributed by atoms with Gasteiger partial charge in [0.25, 0.3) is 5.91 Å². The van der Waals surface area contributed by atoms with Gasteiger partial charge in [-0.3, -0.25) is 14.4 Å².